The van der Waals surface area contributed by atoms with E-state index in [0.717, 1.165) is 20.3 Å². The van der Waals surface area contributed by atoms with Gasteiger partial charge in [0.05, 0.1) is 0 Å². The second kappa shape index (κ2) is 6.47. The quantitative estimate of drug-likeness (QED) is 0.292. The third-order valence-electron chi connectivity index (χ3n) is 6.39. The molecule has 0 unspecified atom stereocenters. The monoisotopic (exact) mass is 516 g/mol. The maximum absolute atomic E-state index is 3.97. The Morgan fingerprint density at radius 2 is 0.900 bits per heavy atom. The van der Waals surface area contributed by atoms with Crippen molar-refractivity contribution >= 4 is 43.2 Å². The van der Waals surface area contributed by atoms with Gasteiger partial charge in [-0.2, -0.15) is 0 Å². The van der Waals surface area contributed by atoms with Crippen LogP contribution >= 0.6 is 31.9 Å². The summed E-state index contributed by atoms with van der Waals surface area (Å²) in [5.41, 5.74) is 6.23. The van der Waals surface area contributed by atoms with Crippen molar-refractivity contribution in [2.24, 2.45) is 0 Å². The second-order valence-corrected chi connectivity index (χ2v) is 9.69. The van der Waals surface area contributed by atoms with Gasteiger partial charge in [-0.3, -0.25) is 0 Å². The van der Waals surface area contributed by atoms with Crippen LogP contribution in [-0.2, 0) is 11.1 Å². The van der Waals surface area contributed by atoms with E-state index in [1.807, 2.05) is 0 Å². The summed E-state index contributed by atoms with van der Waals surface area (Å²) < 4.78 is 2.14. The lowest BCUT2D eigenvalue weighted by atomic mass is 9.66. The van der Waals surface area contributed by atoms with Crippen molar-refractivity contribution in [2.75, 3.05) is 10.6 Å². The lowest BCUT2D eigenvalue weighted by Gasteiger charge is -2.42. The van der Waals surface area contributed by atoms with E-state index in [0.29, 0.717) is 0 Å². The molecule has 2 heterocycles. The largest absolute Gasteiger partial charge is 0.369 e. The number of rotatable bonds is 2. The molecule has 2 atom stereocenters. The van der Waals surface area contributed by atoms with E-state index in [2.05, 4.69) is 140 Å². The first kappa shape index (κ1) is 18.2. The van der Waals surface area contributed by atoms with Gasteiger partial charge in [0.1, 0.15) is 11.1 Å². The van der Waals surface area contributed by atoms with Crippen molar-refractivity contribution in [3.8, 4) is 0 Å². The van der Waals surface area contributed by atoms with E-state index in [1.54, 1.807) is 0 Å². The molecule has 0 amide bonds. The van der Waals surface area contributed by atoms with Gasteiger partial charge < -0.3 is 10.6 Å². The Balaban J connectivity index is 1.79. The van der Waals surface area contributed by atoms with Crippen molar-refractivity contribution in [2.45, 2.75) is 11.1 Å². The molecule has 0 saturated carbocycles. The van der Waals surface area contributed by atoms with Crippen LogP contribution in [-0.4, -0.2) is 0 Å². The van der Waals surface area contributed by atoms with Crippen LogP contribution in [0.25, 0.3) is 0 Å². The third-order valence-corrected chi connectivity index (χ3v) is 7.38. The summed E-state index contributed by atoms with van der Waals surface area (Å²) in [7, 11) is 0. The molecule has 2 aliphatic rings. The Labute approximate surface area is 192 Å². The Bertz CT molecular complexity index is 1170. The number of fused-ring (bicyclic) bond motifs is 5. The summed E-state index contributed by atoms with van der Waals surface area (Å²) in [6.45, 7) is 0. The number of hydrogen-bond donors (Lipinski definition) is 2. The Hall–Kier alpha value is -2.56. The molecule has 0 saturated heterocycles. The van der Waals surface area contributed by atoms with Crippen molar-refractivity contribution in [3.05, 3.63) is 128 Å². The van der Waals surface area contributed by atoms with Crippen LogP contribution in [0.4, 0.5) is 11.4 Å². The summed E-state index contributed by atoms with van der Waals surface area (Å²) in [4.78, 5) is 0. The molecule has 4 aromatic carbocycles. The molecule has 2 aliphatic heterocycles. The zero-order valence-electron chi connectivity index (χ0n) is 16.0. The predicted molar refractivity (Wildman–Crippen MR) is 130 cm³/mol. The average molecular weight is 518 g/mol. The minimum Gasteiger partial charge on any atom is -0.369 e. The first-order valence-corrected chi connectivity index (χ1v) is 11.5. The number of halogens is 2. The zero-order valence-corrected chi connectivity index (χ0v) is 19.2. The summed E-state index contributed by atoms with van der Waals surface area (Å²) in [5.74, 6) is 0. The highest BCUT2D eigenvalue weighted by Gasteiger charge is 2.65. The minimum atomic E-state index is -0.488. The Morgan fingerprint density at radius 3 is 1.30 bits per heavy atom. The fraction of sp³-hybridized carbons (Fsp3) is 0.0769. The normalized spacial score (nSPS) is 23.1. The lowest BCUT2D eigenvalue weighted by molar-refractivity contribution is 0.439. The maximum Gasteiger partial charge on any atom is 0.122 e. The predicted octanol–water partition coefficient (Wildman–Crippen LogP) is 7.25. The molecule has 0 fully saturated rings. The van der Waals surface area contributed by atoms with Gasteiger partial charge in [0.25, 0.3) is 0 Å². The number of hydrogen-bond acceptors (Lipinski definition) is 2. The molecule has 0 aliphatic carbocycles. The van der Waals surface area contributed by atoms with Gasteiger partial charge in [-0.25, -0.2) is 0 Å². The molecule has 0 aromatic heterocycles. The van der Waals surface area contributed by atoms with Crippen molar-refractivity contribution in [1.29, 1.82) is 0 Å². The fourth-order valence-electron chi connectivity index (χ4n) is 5.27. The van der Waals surface area contributed by atoms with E-state index in [4.69, 9.17) is 0 Å². The molecular formula is C26H18Br2N2. The standard InChI is InChI=1S/C26H18Br2N2/c27-19-11-13-23-21(15-19)25(17-7-3-1-4-8-17)26(30-23,18-9-5-2-6-10-18)22-16-20(28)12-14-24(22)29-25/h1-16,29-30H/t25-,26+. The Morgan fingerprint density at radius 1 is 0.500 bits per heavy atom. The maximum atomic E-state index is 3.97. The average Bonchev–Trinajstić information content (AvgIpc) is 3.23. The SMILES string of the molecule is Brc1ccc2c(c1)[C@@]1(c3ccccc3)Nc3ccc(Br)cc3[C@]1(c1ccccc1)N2. The second-order valence-electron chi connectivity index (χ2n) is 7.86. The smallest absolute Gasteiger partial charge is 0.122 e. The van der Waals surface area contributed by atoms with Crippen LogP contribution in [0.1, 0.15) is 22.3 Å². The molecule has 2 N–H and O–H groups in total. The van der Waals surface area contributed by atoms with Crippen LogP contribution in [0.3, 0.4) is 0 Å². The summed E-state index contributed by atoms with van der Waals surface area (Å²) in [6, 6.07) is 34.6. The zero-order chi connectivity index (χ0) is 20.3. The van der Waals surface area contributed by atoms with Crippen LogP contribution in [0.15, 0.2) is 106 Å². The molecule has 4 aromatic rings. The third kappa shape index (κ3) is 2.24. The fourth-order valence-corrected chi connectivity index (χ4v) is 5.99. The molecule has 0 radical (unpaired) electrons. The highest BCUT2D eigenvalue weighted by Crippen LogP contribution is 2.64. The van der Waals surface area contributed by atoms with E-state index in [9.17, 15) is 0 Å². The molecule has 6 rings (SSSR count). The highest BCUT2D eigenvalue weighted by molar-refractivity contribution is 9.10. The van der Waals surface area contributed by atoms with Crippen LogP contribution in [0.2, 0.25) is 0 Å². The van der Waals surface area contributed by atoms with Crippen molar-refractivity contribution < 1.29 is 0 Å². The molecular weight excluding hydrogens is 500 g/mol. The van der Waals surface area contributed by atoms with Crippen LogP contribution in [0, 0.1) is 0 Å². The van der Waals surface area contributed by atoms with E-state index in [1.165, 1.54) is 22.3 Å². The van der Waals surface area contributed by atoms with Gasteiger partial charge in [-0.05, 0) is 47.5 Å². The number of anilines is 2. The van der Waals surface area contributed by atoms with Crippen molar-refractivity contribution in [3.63, 3.8) is 0 Å². The van der Waals surface area contributed by atoms with E-state index < -0.39 is 11.1 Å². The van der Waals surface area contributed by atoms with Gasteiger partial charge >= 0.3 is 0 Å². The first-order valence-electron chi connectivity index (χ1n) is 9.93. The molecule has 0 bridgehead atoms. The van der Waals surface area contributed by atoms with E-state index >= 15 is 0 Å². The summed E-state index contributed by atoms with van der Waals surface area (Å²) >= 11 is 7.43. The Kier molecular flexibility index (Phi) is 3.93. The molecule has 0 spiro atoms. The molecule has 2 nitrogen and oxygen atoms in total. The van der Waals surface area contributed by atoms with Gasteiger partial charge in [0.2, 0.25) is 0 Å². The van der Waals surface area contributed by atoms with Crippen LogP contribution in [0.5, 0.6) is 0 Å². The molecule has 146 valence electrons. The van der Waals surface area contributed by atoms with Gasteiger partial charge in [0, 0.05) is 31.4 Å². The lowest BCUT2D eigenvalue weighted by Crippen LogP contribution is -2.51. The molecule has 4 heteroatoms. The minimum absolute atomic E-state index is 0.488. The van der Waals surface area contributed by atoms with Crippen LogP contribution < -0.4 is 10.6 Å². The number of benzene rings is 4. The van der Waals surface area contributed by atoms with E-state index in [-0.39, 0.29) is 0 Å². The topological polar surface area (TPSA) is 24.1 Å². The van der Waals surface area contributed by atoms with Crippen molar-refractivity contribution in [1.82, 2.24) is 0 Å². The van der Waals surface area contributed by atoms with Gasteiger partial charge in [-0.1, -0.05) is 92.5 Å². The summed E-state index contributed by atoms with van der Waals surface area (Å²) in [5, 5.41) is 7.94. The molecule has 30 heavy (non-hydrogen) atoms. The number of nitrogens with one attached hydrogen (secondary N) is 2. The highest BCUT2D eigenvalue weighted by atomic mass is 79.9. The summed E-state index contributed by atoms with van der Waals surface area (Å²) in [6.07, 6.45) is 0. The van der Waals surface area contributed by atoms with Gasteiger partial charge in [-0.15, -0.1) is 0 Å². The van der Waals surface area contributed by atoms with Gasteiger partial charge in [0.15, 0.2) is 0 Å². The first-order chi connectivity index (χ1) is 14.6.